The third-order valence-corrected chi connectivity index (χ3v) is 6.56. The first-order chi connectivity index (χ1) is 19.8. The molecule has 0 fully saturated rings. The number of likely N-dealkylation sites (N-methyl/N-ethyl adjacent to an activating group) is 1. The quantitative estimate of drug-likeness (QED) is 0.171. The van der Waals surface area contributed by atoms with E-state index < -0.39 is 28.4 Å². The van der Waals surface area contributed by atoms with E-state index >= 15 is 0 Å². The van der Waals surface area contributed by atoms with Crippen molar-refractivity contribution in [2.45, 2.75) is 32.5 Å². The number of hydrogen-bond donors (Lipinski definition) is 2. The number of halogens is 3. The van der Waals surface area contributed by atoms with E-state index in [4.69, 9.17) is 4.74 Å². The van der Waals surface area contributed by atoms with E-state index in [1.54, 1.807) is 58.3 Å². The SMILES string of the molecule is COc1c(CC(=O)N(C)C)cccc1Nc1ccc2nc(C)nc(N[C@H](C)c3cc([N+](=O)[O-])cc(C(F)(F)F)c3)c2c1. The summed E-state index contributed by atoms with van der Waals surface area (Å²) >= 11 is 0. The number of non-ortho nitro benzene ring substituents is 1. The van der Waals surface area contributed by atoms with E-state index in [0.29, 0.717) is 51.3 Å². The Labute approximate surface area is 239 Å². The molecule has 1 amide bonds. The number of ether oxygens (including phenoxy) is 1. The molecule has 0 unspecified atom stereocenters. The summed E-state index contributed by atoms with van der Waals surface area (Å²) < 4.78 is 46.0. The topological polar surface area (TPSA) is 123 Å². The molecule has 1 atom stereocenters. The Balaban J connectivity index is 1.70. The number of alkyl halides is 3. The van der Waals surface area contributed by atoms with Crippen molar-refractivity contribution in [1.29, 1.82) is 0 Å². The van der Waals surface area contributed by atoms with Gasteiger partial charge in [-0.25, -0.2) is 9.97 Å². The number of nitrogens with one attached hydrogen (secondary N) is 2. The van der Waals surface area contributed by atoms with Crippen molar-refractivity contribution in [1.82, 2.24) is 14.9 Å². The van der Waals surface area contributed by atoms with Crippen LogP contribution >= 0.6 is 0 Å². The second-order valence-corrected chi connectivity index (χ2v) is 9.87. The molecule has 0 radical (unpaired) electrons. The van der Waals surface area contributed by atoms with Crippen LogP contribution < -0.4 is 15.4 Å². The van der Waals surface area contributed by atoms with E-state index in [9.17, 15) is 28.1 Å². The number of amides is 1. The highest BCUT2D eigenvalue weighted by Crippen LogP contribution is 2.36. The van der Waals surface area contributed by atoms with Gasteiger partial charge in [0.25, 0.3) is 5.69 Å². The third kappa shape index (κ3) is 6.67. The molecule has 13 heteroatoms. The number of rotatable bonds is 9. The molecule has 0 aliphatic carbocycles. The zero-order valence-corrected chi connectivity index (χ0v) is 23.5. The highest BCUT2D eigenvalue weighted by molar-refractivity contribution is 5.92. The van der Waals surface area contributed by atoms with Crippen LogP contribution in [0.15, 0.2) is 54.6 Å². The van der Waals surface area contributed by atoms with Gasteiger partial charge in [0.2, 0.25) is 5.91 Å². The Hall–Kier alpha value is -4.94. The van der Waals surface area contributed by atoms with Crippen molar-refractivity contribution in [2.75, 3.05) is 31.8 Å². The zero-order chi connectivity index (χ0) is 30.8. The summed E-state index contributed by atoms with van der Waals surface area (Å²) in [6.07, 6.45) is -4.60. The van der Waals surface area contributed by atoms with Gasteiger partial charge in [0.05, 0.1) is 41.3 Å². The average Bonchev–Trinajstić information content (AvgIpc) is 2.92. The summed E-state index contributed by atoms with van der Waals surface area (Å²) in [7, 11) is 4.87. The van der Waals surface area contributed by atoms with Gasteiger partial charge >= 0.3 is 6.18 Å². The molecule has 4 rings (SSSR count). The van der Waals surface area contributed by atoms with Crippen LogP contribution in [-0.4, -0.2) is 46.9 Å². The maximum Gasteiger partial charge on any atom is 0.416 e. The van der Waals surface area contributed by atoms with E-state index in [-0.39, 0.29) is 17.9 Å². The number of carbonyl (C=O) groups is 1. The van der Waals surface area contributed by atoms with Gasteiger partial charge in [-0.05, 0) is 49.7 Å². The molecule has 1 aromatic heterocycles. The number of aryl methyl sites for hydroxylation is 1. The first-order valence-electron chi connectivity index (χ1n) is 12.8. The molecule has 0 aliphatic heterocycles. The van der Waals surface area contributed by atoms with Crippen molar-refractivity contribution in [2.24, 2.45) is 0 Å². The predicted octanol–water partition coefficient (Wildman–Crippen LogP) is 6.42. The molecule has 10 nitrogen and oxygen atoms in total. The van der Waals surface area contributed by atoms with Crippen molar-refractivity contribution < 1.29 is 27.6 Å². The fraction of sp³-hybridized carbons (Fsp3) is 0.276. The summed E-state index contributed by atoms with van der Waals surface area (Å²) in [5.41, 5.74) is 0.834. The van der Waals surface area contributed by atoms with Crippen LogP contribution in [0.4, 0.5) is 36.1 Å². The number of nitro benzene ring substituents is 1. The number of para-hydroxylation sites is 1. The van der Waals surface area contributed by atoms with E-state index in [2.05, 4.69) is 20.6 Å². The molecule has 220 valence electrons. The highest BCUT2D eigenvalue weighted by Gasteiger charge is 2.33. The van der Waals surface area contributed by atoms with Gasteiger partial charge in [-0.2, -0.15) is 13.2 Å². The van der Waals surface area contributed by atoms with Gasteiger partial charge in [0.1, 0.15) is 17.4 Å². The fourth-order valence-electron chi connectivity index (χ4n) is 4.41. The minimum absolute atomic E-state index is 0.0732. The summed E-state index contributed by atoms with van der Waals surface area (Å²) in [5, 5.41) is 18.3. The van der Waals surface area contributed by atoms with E-state index in [1.807, 2.05) is 6.07 Å². The number of hydrogen-bond acceptors (Lipinski definition) is 8. The van der Waals surface area contributed by atoms with Crippen LogP contribution in [0, 0.1) is 17.0 Å². The number of anilines is 3. The molecular weight excluding hydrogens is 553 g/mol. The molecule has 4 aromatic rings. The maximum absolute atomic E-state index is 13.5. The summed E-state index contributed by atoms with van der Waals surface area (Å²) in [6.45, 7) is 3.28. The summed E-state index contributed by atoms with van der Waals surface area (Å²) in [5.74, 6) is 1.18. The van der Waals surface area contributed by atoms with Crippen LogP contribution in [0.3, 0.4) is 0 Å². The number of nitro groups is 1. The van der Waals surface area contributed by atoms with Crippen LogP contribution in [0.5, 0.6) is 5.75 Å². The second kappa shape index (κ2) is 11.9. The van der Waals surface area contributed by atoms with Crippen molar-refractivity contribution in [3.8, 4) is 5.75 Å². The zero-order valence-electron chi connectivity index (χ0n) is 23.5. The van der Waals surface area contributed by atoms with Crippen molar-refractivity contribution in [3.63, 3.8) is 0 Å². The lowest BCUT2D eigenvalue weighted by atomic mass is 10.0. The van der Waals surface area contributed by atoms with Gasteiger partial charge in [-0.3, -0.25) is 14.9 Å². The second-order valence-electron chi connectivity index (χ2n) is 9.87. The van der Waals surface area contributed by atoms with E-state index in [0.717, 1.165) is 12.1 Å². The molecule has 2 N–H and O–H groups in total. The van der Waals surface area contributed by atoms with Crippen molar-refractivity contribution >= 4 is 39.7 Å². The van der Waals surface area contributed by atoms with Crippen LogP contribution in [0.2, 0.25) is 0 Å². The summed E-state index contributed by atoms with van der Waals surface area (Å²) in [6, 6.07) is 12.5. The summed E-state index contributed by atoms with van der Waals surface area (Å²) in [4.78, 5) is 33.2. The number of benzene rings is 3. The number of methoxy groups -OCH3 is 1. The fourth-order valence-corrected chi connectivity index (χ4v) is 4.41. The van der Waals surface area contributed by atoms with Crippen LogP contribution in [-0.2, 0) is 17.4 Å². The van der Waals surface area contributed by atoms with Gasteiger partial charge in [-0.1, -0.05) is 12.1 Å². The minimum atomic E-state index is -4.75. The van der Waals surface area contributed by atoms with Gasteiger partial charge < -0.3 is 20.3 Å². The average molecular weight is 583 g/mol. The Morgan fingerprint density at radius 2 is 1.86 bits per heavy atom. The number of nitrogens with zero attached hydrogens (tertiary/aromatic N) is 4. The Bertz CT molecular complexity index is 1660. The van der Waals surface area contributed by atoms with Crippen LogP contribution in [0.1, 0.15) is 35.5 Å². The highest BCUT2D eigenvalue weighted by atomic mass is 19.4. The lowest BCUT2D eigenvalue weighted by molar-refractivity contribution is -0.385. The molecule has 0 spiro atoms. The number of fused-ring (bicyclic) bond motifs is 1. The Morgan fingerprint density at radius 3 is 2.50 bits per heavy atom. The van der Waals surface area contributed by atoms with Crippen LogP contribution in [0.25, 0.3) is 10.9 Å². The normalized spacial score (nSPS) is 12.1. The van der Waals surface area contributed by atoms with E-state index in [1.165, 1.54) is 12.0 Å². The first-order valence-corrected chi connectivity index (χ1v) is 12.8. The van der Waals surface area contributed by atoms with Gasteiger partial charge in [0.15, 0.2) is 0 Å². The Kier molecular flexibility index (Phi) is 8.50. The molecule has 1 heterocycles. The lowest BCUT2D eigenvalue weighted by Gasteiger charge is -2.19. The number of aromatic nitrogens is 2. The van der Waals surface area contributed by atoms with Gasteiger partial charge in [0, 0.05) is 42.9 Å². The molecule has 42 heavy (non-hydrogen) atoms. The lowest BCUT2D eigenvalue weighted by Crippen LogP contribution is -2.23. The first kappa shape index (κ1) is 30.0. The minimum Gasteiger partial charge on any atom is -0.494 e. The predicted molar refractivity (Wildman–Crippen MR) is 153 cm³/mol. The maximum atomic E-state index is 13.5. The molecule has 0 bridgehead atoms. The molecule has 0 aliphatic rings. The largest absolute Gasteiger partial charge is 0.494 e. The van der Waals surface area contributed by atoms with Gasteiger partial charge in [-0.15, -0.1) is 0 Å². The van der Waals surface area contributed by atoms with Crippen molar-refractivity contribution in [3.05, 3.63) is 87.2 Å². The molecule has 0 saturated carbocycles. The standard InChI is InChI=1S/C29H29F3N6O4/c1-16(19-11-20(29(30,31)32)14-22(12-19)38(40)41)33-28-23-15-21(9-10-24(23)34-17(2)35-28)36-25-8-6-7-18(27(25)42-5)13-26(39)37(3)4/h6-12,14-16,36H,13H2,1-5H3,(H,33,34,35)/t16-/m1/s1. The molecule has 3 aromatic carbocycles. The smallest absolute Gasteiger partial charge is 0.416 e. The molecule has 0 saturated heterocycles. The monoisotopic (exact) mass is 582 g/mol. The third-order valence-electron chi connectivity index (χ3n) is 6.56. The Morgan fingerprint density at radius 1 is 1.12 bits per heavy atom. The number of carbonyl (C=O) groups excluding carboxylic acids is 1. The molecular formula is C29H29F3N6O4.